The summed E-state index contributed by atoms with van der Waals surface area (Å²) in [6.07, 6.45) is 4.70. The van der Waals surface area contributed by atoms with E-state index in [0.29, 0.717) is 0 Å². The Bertz CT molecular complexity index is 871. The van der Waals surface area contributed by atoms with Crippen LogP contribution in [0.1, 0.15) is 47.4 Å². The van der Waals surface area contributed by atoms with Crippen molar-refractivity contribution < 1.29 is 9.53 Å². The highest BCUT2D eigenvalue weighted by molar-refractivity contribution is 7.16. The molecule has 1 atom stereocenters. The number of nitrogens with zero attached hydrogens (tertiary/aromatic N) is 2. The molecule has 6 heteroatoms. The van der Waals surface area contributed by atoms with Crippen LogP contribution in [0.3, 0.4) is 0 Å². The van der Waals surface area contributed by atoms with E-state index in [1.807, 2.05) is 6.07 Å². The number of carbonyl (C=O) groups is 1. The van der Waals surface area contributed by atoms with Gasteiger partial charge in [-0.25, -0.2) is 0 Å². The molecule has 1 N–H and O–H groups in total. The number of hydrogen-bond acceptors (Lipinski definition) is 5. The van der Waals surface area contributed by atoms with Gasteiger partial charge in [0.25, 0.3) is 0 Å². The van der Waals surface area contributed by atoms with Crippen molar-refractivity contribution in [1.82, 2.24) is 9.80 Å². The van der Waals surface area contributed by atoms with E-state index in [1.54, 1.807) is 25.4 Å². The van der Waals surface area contributed by atoms with Gasteiger partial charge in [0.05, 0.1) is 13.2 Å². The van der Waals surface area contributed by atoms with Crippen LogP contribution in [0.25, 0.3) is 0 Å². The summed E-state index contributed by atoms with van der Waals surface area (Å²) in [5.41, 5.74) is 4.03. The Kier molecular flexibility index (Phi) is 6.23. The van der Waals surface area contributed by atoms with Crippen LogP contribution in [0.5, 0.6) is 5.75 Å². The summed E-state index contributed by atoms with van der Waals surface area (Å²) in [4.78, 5) is 18.4. The maximum Gasteiger partial charge on any atom is 0.221 e. The van der Waals surface area contributed by atoms with E-state index >= 15 is 0 Å². The smallest absolute Gasteiger partial charge is 0.221 e. The van der Waals surface area contributed by atoms with Gasteiger partial charge >= 0.3 is 0 Å². The molecule has 0 saturated carbocycles. The molecular weight excluding hydrogens is 382 g/mol. The summed E-state index contributed by atoms with van der Waals surface area (Å²) >= 11 is 1.79. The van der Waals surface area contributed by atoms with E-state index in [9.17, 15) is 4.79 Å². The minimum Gasteiger partial charge on any atom is -0.497 e. The Morgan fingerprint density at radius 1 is 1.17 bits per heavy atom. The molecule has 1 aromatic carbocycles. The fraction of sp³-hybridized carbons (Fsp3) is 0.522. The summed E-state index contributed by atoms with van der Waals surface area (Å²) in [6, 6.07) is 8.58. The van der Waals surface area contributed by atoms with Crippen molar-refractivity contribution in [2.45, 2.75) is 38.6 Å². The molecule has 1 amide bonds. The van der Waals surface area contributed by atoms with Crippen LogP contribution >= 0.6 is 11.3 Å². The number of anilines is 1. The number of piperazine rings is 1. The molecule has 0 bridgehead atoms. The number of likely N-dealkylation sites (N-methyl/N-ethyl adjacent to an activating group) is 1. The van der Waals surface area contributed by atoms with Crippen LogP contribution < -0.4 is 10.1 Å². The van der Waals surface area contributed by atoms with Crippen LogP contribution in [0.15, 0.2) is 24.3 Å². The summed E-state index contributed by atoms with van der Waals surface area (Å²) in [5.74, 6) is 0.888. The highest BCUT2D eigenvalue weighted by Gasteiger charge is 2.33. The highest BCUT2D eigenvalue weighted by Crippen LogP contribution is 2.46. The topological polar surface area (TPSA) is 44.8 Å². The van der Waals surface area contributed by atoms with Crippen LogP contribution in [-0.4, -0.2) is 56.0 Å². The number of amides is 1. The lowest BCUT2D eigenvalue weighted by Gasteiger charge is -2.39. The molecule has 2 aliphatic rings. The quantitative estimate of drug-likeness (QED) is 0.807. The molecule has 0 radical (unpaired) electrons. The van der Waals surface area contributed by atoms with Crippen molar-refractivity contribution in [2.75, 3.05) is 45.7 Å². The van der Waals surface area contributed by atoms with Crippen molar-refractivity contribution in [2.24, 2.45) is 0 Å². The Labute approximate surface area is 177 Å². The minimum absolute atomic E-state index is 0.00705. The van der Waals surface area contributed by atoms with Gasteiger partial charge in [0, 0.05) is 43.5 Å². The number of thiophene rings is 1. The lowest BCUT2D eigenvalue weighted by Crippen LogP contribution is -2.46. The first-order valence-electron chi connectivity index (χ1n) is 10.6. The molecule has 156 valence electrons. The SMILES string of the molecule is COc1cccc(C(c2c(NC(C)=O)sc3c2CCCC3)N2CCN(C)CC2)c1. The second kappa shape index (κ2) is 8.86. The van der Waals surface area contributed by atoms with E-state index in [-0.39, 0.29) is 11.9 Å². The van der Waals surface area contributed by atoms with Crippen molar-refractivity contribution in [3.63, 3.8) is 0 Å². The Morgan fingerprint density at radius 3 is 2.66 bits per heavy atom. The van der Waals surface area contributed by atoms with E-state index in [4.69, 9.17) is 4.74 Å². The molecule has 4 rings (SSSR count). The molecule has 1 unspecified atom stereocenters. The molecule has 1 aliphatic carbocycles. The number of fused-ring (bicyclic) bond motifs is 1. The predicted molar refractivity (Wildman–Crippen MR) is 119 cm³/mol. The molecule has 1 aliphatic heterocycles. The van der Waals surface area contributed by atoms with Gasteiger partial charge in [-0.05, 0) is 56.0 Å². The first-order valence-corrected chi connectivity index (χ1v) is 11.4. The maximum atomic E-state index is 12.0. The lowest BCUT2D eigenvalue weighted by atomic mass is 9.88. The third-order valence-electron chi connectivity index (χ3n) is 6.09. The molecule has 5 nitrogen and oxygen atoms in total. The molecule has 1 aromatic heterocycles. The van der Waals surface area contributed by atoms with Gasteiger partial charge in [-0.1, -0.05) is 12.1 Å². The van der Waals surface area contributed by atoms with Crippen LogP contribution in [0.2, 0.25) is 0 Å². The van der Waals surface area contributed by atoms with Gasteiger partial charge in [0.1, 0.15) is 10.8 Å². The number of carbonyl (C=O) groups excluding carboxylic acids is 1. The van der Waals surface area contributed by atoms with Gasteiger partial charge in [0.15, 0.2) is 0 Å². The Hall–Kier alpha value is -1.89. The summed E-state index contributed by atoms with van der Waals surface area (Å²) in [7, 11) is 3.91. The number of hydrogen-bond donors (Lipinski definition) is 1. The first kappa shape index (κ1) is 20.4. The highest BCUT2D eigenvalue weighted by atomic mass is 32.1. The Morgan fingerprint density at radius 2 is 1.93 bits per heavy atom. The second-order valence-electron chi connectivity index (χ2n) is 8.15. The summed E-state index contributed by atoms with van der Waals surface area (Å²) in [5, 5.41) is 4.21. The summed E-state index contributed by atoms with van der Waals surface area (Å²) < 4.78 is 5.54. The number of benzene rings is 1. The largest absolute Gasteiger partial charge is 0.497 e. The predicted octanol–water partition coefficient (Wildman–Crippen LogP) is 3.93. The number of methoxy groups -OCH3 is 1. The van der Waals surface area contributed by atoms with E-state index in [0.717, 1.165) is 49.8 Å². The van der Waals surface area contributed by atoms with Crippen molar-refractivity contribution in [1.29, 1.82) is 0 Å². The fourth-order valence-corrected chi connectivity index (χ4v) is 5.95. The molecule has 29 heavy (non-hydrogen) atoms. The normalized spacial score (nSPS) is 18.9. The zero-order valence-corrected chi connectivity index (χ0v) is 18.5. The van der Waals surface area contributed by atoms with Gasteiger partial charge in [-0.2, -0.15) is 0 Å². The van der Waals surface area contributed by atoms with E-state index < -0.39 is 0 Å². The van der Waals surface area contributed by atoms with Crippen molar-refractivity contribution in [3.05, 3.63) is 45.8 Å². The van der Waals surface area contributed by atoms with Gasteiger partial charge in [0.2, 0.25) is 5.91 Å². The van der Waals surface area contributed by atoms with Crippen LogP contribution in [-0.2, 0) is 17.6 Å². The first-order chi connectivity index (χ1) is 14.1. The molecule has 0 spiro atoms. The Balaban J connectivity index is 1.84. The zero-order chi connectivity index (χ0) is 20.4. The number of nitrogens with one attached hydrogen (secondary N) is 1. The number of aryl methyl sites for hydroxylation is 1. The number of rotatable bonds is 5. The minimum atomic E-state index is 0.00705. The standard InChI is InChI=1S/C23H31N3O2S/c1-16(27)24-23-21(19-9-4-5-10-20(19)29-23)22(26-13-11-25(2)12-14-26)17-7-6-8-18(15-17)28-3/h6-8,15,22H,4-5,9-14H2,1-3H3,(H,24,27). The van der Waals surface area contributed by atoms with Crippen LogP contribution in [0.4, 0.5) is 5.00 Å². The maximum absolute atomic E-state index is 12.0. The fourth-order valence-electron chi connectivity index (χ4n) is 4.58. The van der Waals surface area contributed by atoms with Crippen molar-refractivity contribution in [3.8, 4) is 5.75 Å². The molecule has 1 saturated heterocycles. The third kappa shape index (κ3) is 4.34. The summed E-state index contributed by atoms with van der Waals surface area (Å²) in [6.45, 7) is 5.76. The zero-order valence-electron chi connectivity index (χ0n) is 17.7. The molecule has 2 heterocycles. The van der Waals surface area contributed by atoms with Gasteiger partial charge < -0.3 is 15.0 Å². The van der Waals surface area contributed by atoms with E-state index in [2.05, 4.69) is 40.4 Å². The average molecular weight is 414 g/mol. The number of ether oxygens (including phenoxy) is 1. The molecule has 2 aromatic rings. The van der Waals surface area contributed by atoms with E-state index in [1.165, 1.54) is 34.4 Å². The second-order valence-corrected chi connectivity index (χ2v) is 9.26. The van der Waals surface area contributed by atoms with Crippen molar-refractivity contribution >= 4 is 22.2 Å². The van der Waals surface area contributed by atoms with Crippen LogP contribution in [0, 0.1) is 0 Å². The third-order valence-corrected chi connectivity index (χ3v) is 7.31. The lowest BCUT2D eigenvalue weighted by molar-refractivity contribution is -0.114. The average Bonchev–Trinajstić information content (AvgIpc) is 3.07. The molecular formula is C23H31N3O2S. The molecule has 1 fully saturated rings. The monoisotopic (exact) mass is 413 g/mol. The van der Waals surface area contributed by atoms with Gasteiger partial charge in [-0.15, -0.1) is 11.3 Å². The van der Waals surface area contributed by atoms with Gasteiger partial charge in [-0.3, -0.25) is 9.69 Å².